The van der Waals surface area contributed by atoms with Gasteiger partial charge in [-0.25, -0.2) is 14.8 Å². The first-order chi connectivity index (χ1) is 13.6. The standard InChI is InChI=1S/C19H15N7O2/c1-10(26-18-14(6-20)17(21)22-9-23-18)16-15(11-7-24-25-8-11)12-4-2-3-5-13(12)19(27)28-16/h2-5,7-10H,1H3,(H,24,25)(H3,21,22,23,26). The summed E-state index contributed by atoms with van der Waals surface area (Å²) in [5, 5.41) is 20.4. The fourth-order valence-electron chi connectivity index (χ4n) is 3.10. The van der Waals surface area contributed by atoms with Crippen LogP contribution in [0.1, 0.15) is 24.3 Å². The summed E-state index contributed by atoms with van der Waals surface area (Å²) in [7, 11) is 0. The second-order valence-corrected chi connectivity index (χ2v) is 6.12. The number of nitrogens with zero attached hydrogens (tertiary/aromatic N) is 4. The molecular weight excluding hydrogens is 358 g/mol. The number of nitrogen functional groups attached to an aromatic ring is 1. The molecule has 9 heteroatoms. The van der Waals surface area contributed by atoms with Crippen molar-refractivity contribution < 1.29 is 4.42 Å². The van der Waals surface area contributed by atoms with Gasteiger partial charge in [0.2, 0.25) is 0 Å². The Labute approximate surface area is 158 Å². The predicted octanol–water partition coefficient (Wildman–Crippen LogP) is 2.60. The van der Waals surface area contributed by atoms with Crippen LogP contribution in [0, 0.1) is 11.3 Å². The fourth-order valence-corrected chi connectivity index (χ4v) is 3.10. The first-order valence-corrected chi connectivity index (χ1v) is 8.42. The Hall–Kier alpha value is -4.19. The molecule has 4 aromatic rings. The summed E-state index contributed by atoms with van der Waals surface area (Å²) >= 11 is 0. The molecule has 1 aromatic carbocycles. The Balaban J connectivity index is 1.90. The highest BCUT2D eigenvalue weighted by Crippen LogP contribution is 2.34. The highest BCUT2D eigenvalue weighted by atomic mass is 16.4. The average molecular weight is 373 g/mol. The molecule has 3 heterocycles. The van der Waals surface area contributed by atoms with Crippen molar-refractivity contribution in [3.05, 3.63) is 64.7 Å². The van der Waals surface area contributed by atoms with E-state index in [-0.39, 0.29) is 17.2 Å². The highest BCUT2D eigenvalue weighted by molar-refractivity contribution is 5.96. The van der Waals surface area contributed by atoms with Crippen molar-refractivity contribution in [3.8, 4) is 17.2 Å². The fraction of sp³-hybridized carbons (Fsp3) is 0.105. The van der Waals surface area contributed by atoms with Gasteiger partial charge in [-0.3, -0.25) is 5.10 Å². The zero-order valence-electron chi connectivity index (χ0n) is 14.8. The number of anilines is 2. The van der Waals surface area contributed by atoms with Crippen molar-refractivity contribution in [2.24, 2.45) is 0 Å². The molecule has 9 nitrogen and oxygen atoms in total. The third-order valence-corrected chi connectivity index (χ3v) is 4.39. The lowest BCUT2D eigenvalue weighted by Crippen LogP contribution is -2.15. The largest absolute Gasteiger partial charge is 0.425 e. The van der Waals surface area contributed by atoms with E-state index in [9.17, 15) is 10.1 Å². The maximum atomic E-state index is 12.5. The van der Waals surface area contributed by atoms with Crippen LogP contribution >= 0.6 is 0 Å². The van der Waals surface area contributed by atoms with Crippen molar-refractivity contribution >= 4 is 22.4 Å². The van der Waals surface area contributed by atoms with Gasteiger partial charge >= 0.3 is 5.63 Å². The van der Waals surface area contributed by atoms with Crippen LogP contribution in [-0.2, 0) is 0 Å². The maximum Gasteiger partial charge on any atom is 0.343 e. The molecule has 0 aliphatic rings. The van der Waals surface area contributed by atoms with E-state index in [1.54, 1.807) is 31.5 Å². The zero-order valence-corrected chi connectivity index (χ0v) is 14.8. The maximum absolute atomic E-state index is 12.5. The Morgan fingerprint density at radius 3 is 2.79 bits per heavy atom. The molecule has 0 aliphatic heterocycles. The molecular formula is C19H15N7O2. The summed E-state index contributed by atoms with van der Waals surface area (Å²) in [6.07, 6.45) is 4.64. The molecule has 0 radical (unpaired) electrons. The van der Waals surface area contributed by atoms with Gasteiger partial charge in [0.25, 0.3) is 0 Å². The van der Waals surface area contributed by atoms with Gasteiger partial charge in [-0.1, -0.05) is 18.2 Å². The molecule has 4 rings (SSSR count). The highest BCUT2D eigenvalue weighted by Gasteiger charge is 2.22. The minimum Gasteiger partial charge on any atom is -0.425 e. The minimum absolute atomic E-state index is 0.0715. The number of aromatic nitrogens is 4. The van der Waals surface area contributed by atoms with E-state index in [1.165, 1.54) is 6.33 Å². The van der Waals surface area contributed by atoms with Crippen molar-refractivity contribution in [2.75, 3.05) is 11.1 Å². The van der Waals surface area contributed by atoms with E-state index in [4.69, 9.17) is 10.2 Å². The molecule has 0 amide bonds. The molecule has 0 bridgehead atoms. The molecule has 0 fully saturated rings. The van der Waals surface area contributed by atoms with Gasteiger partial charge in [-0.2, -0.15) is 10.4 Å². The molecule has 138 valence electrons. The number of hydrogen-bond donors (Lipinski definition) is 3. The molecule has 28 heavy (non-hydrogen) atoms. The number of aromatic amines is 1. The SMILES string of the molecule is CC(Nc1ncnc(N)c1C#N)c1oc(=O)c2ccccc2c1-c1cn[nH]c1. The summed E-state index contributed by atoms with van der Waals surface area (Å²) in [5.74, 6) is 0.727. The van der Waals surface area contributed by atoms with E-state index >= 15 is 0 Å². The van der Waals surface area contributed by atoms with E-state index < -0.39 is 11.7 Å². The van der Waals surface area contributed by atoms with Crippen LogP contribution in [0.25, 0.3) is 21.9 Å². The molecule has 1 atom stereocenters. The van der Waals surface area contributed by atoms with Crippen LogP contribution < -0.4 is 16.7 Å². The lowest BCUT2D eigenvalue weighted by Gasteiger charge is -2.18. The van der Waals surface area contributed by atoms with Crippen molar-refractivity contribution in [2.45, 2.75) is 13.0 Å². The van der Waals surface area contributed by atoms with Crippen LogP contribution in [-0.4, -0.2) is 20.2 Å². The number of H-pyrrole nitrogens is 1. The third kappa shape index (κ3) is 2.83. The van der Waals surface area contributed by atoms with Crippen LogP contribution in [0.4, 0.5) is 11.6 Å². The van der Waals surface area contributed by atoms with E-state index in [2.05, 4.69) is 25.5 Å². The van der Waals surface area contributed by atoms with E-state index in [0.29, 0.717) is 11.1 Å². The lowest BCUT2D eigenvalue weighted by molar-refractivity contribution is 0.452. The van der Waals surface area contributed by atoms with Crippen LogP contribution in [0.15, 0.2) is 52.2 Å². The number of nitriles is 1. The predicted molar refractivity (Wildman–Crippen MR) is 103 cm³/mol. The second kappa shape index (κ2) is 6.85. The zero-order chi connectivity index (χ0) is 19.7. The molecule has 4 N–H and O–H groups in total. The van der Waals surface area contributed by atoms with Gasteiger partial charge in [0.15, 0.2) is 0 Å². The Morgan fingerprint density at radius 1 is 1.29 bits per heavy atom. The third-order valence-electron chi connectivity index (χ3n) is 4.39. The number of rotatable bonds is 4. The smallest absolute Gasteiger partial charge is 0.343 e. The quantitative estimate of drug-likeness (QED) is 0.494. The monoisotopic (exact) mass is 373 g/mol. The molecule has 0 spiro atoms. The normalized spacial score (nSPS) is 11.9. The van der Waals surface area contributed by atoms with Crippen LogP contribution in [0.2, 0.25) is 0 Å². The van der Waals surface area contributed by atoms with Gasteiger partial charge in [-0.05, 0) is 13.0 Å². The molecule has 3 aromatic heterocycles. The van der Waals surface area contributed by atoms with Gasteiger partial charge in [0, 0.05) is 22.7 Å². The molecule has 0 saturated carbocycles. The number of nitrogens with one attached hydrogen (secondary N) is 2. The summed E-state index contributed by atoms with van der Waals surface area (Å²) in [5.41, 5.74) is 6.93. The van der Waals surface area contributed by atoms with Crippen LogP contribution in [0.5, 0.6) is 0 Å². The van der Waals surface area contributed by atoms with Crippen molar-refractivity contribution in [1.29, 1.82) is 5.26 Å². The summed E-state index contributed by atoms with van der Waals surface area (Å²) in [4.78, 5) is 20.5. The summed E-state index contributed by atoms with van der Waals surface area (Å²) < 4.78 is 5.67. The van der Waals surface area contributed by atoms with Crippen LogP contribution in [0.3, 0.4) is 0 Å². The molecule has 0 saturated heterocycles. The topological polar surface area (TPSA) is 147 Å². The Bertz CT molecular complexity index is 1260. The first kappa shape index (κ1) is 17.2. The van der Waals surface area contributed by atoms with Gasteiger partial charge in [0.1, 0.15) is 35.4 Å². The average Bonchev–Trinajstić information content (AvgIpc) is 3.22. The Morgan fingerprint density at radius 2 is 2.07 bits per heavy atom. The van der Waals surface area contributed by atoms with E-state index in [1.807, 2.05) is 18.2 Å². The summed E-state index contributed by atoms with van der Waals surface area (Å²) in [6, 6.07) is 8.69. The number of fused-ring (bicyclic) bond motifs is 1. The second-order valence-electron chi connectivity index (χ2n) is 6.12. The number of benzene rings is 1. The summed E-state index contributed by atoms with van der Waals surface area (Å²) in [6.45, 7) is 1.80. The van der Waals surface area contributed by atoms with Gasteiger partial charge in [0.05, 0.1) is 17.6 Å². The first-order valence-electron chi connectivity index (χ1n) is 8.42. The molecule has 1 unspecified atom stereocenters. The minimum atomic E-state index is -0.497. The molecule has 0 aliphatic carbocycles. The number of nitrogens with two attached hydrogens (primary N) is 1. The van der Waals surface area contributed by atoms with Gasteiger partial charge in [-0.15, -0.1) is 0 Å². The van der Waals surface area contributed by atoms with Crippen molar-refractivity contribution in [3.63, 3.8) is 0 Å². The Kier molecular flexibility index (Phi) is 4.21. The lowest BCUT2D eigenvalue weighted by atomic mass is 9.98. The number of hydrogen-bond acceptors (Lipinski definition) is 8. The van der Waals surface area contributed by atoms with Gasteiger partial charge < -0.3 is 15.5 Å². The van der Waals surface area contributed by atoms with E-state index in [0.717, 1.165) is 16.5 Å². The van der Waals surface area contributed by atoms with Crippen molar-refractivity contribution in [1.82, 2.24) is 20.2 Å².